The molecule has 0 radical (unpaired) electrons. The number of aliphatic carboxylic acids is 1. The summed E-state index contributed by atoms with van der Waals surface area (Å²) in [6.45, 7) is 7.06. The van der Waals surface area contributed by atoms with Crippen LogP contribution in [0.4, 0.5) is 5.82 Å². The van der Waals surface area contributed by atoms with Crippen LogP contribution < -0.4 is 4.74 Å². The summed E-state index contributed by atoms with van der Waals surface area (Å²) in [5.41, 5.74) is 2.64. The highest BCUT2D eigenvalue weighted by Crippen LogP contribution is 2.40. The Labute approximate surface area is 158 Å². The Hall–Kier alpha value is -2.62. The van der Waals surface area contributed by atoms with E-state index in [9.17, 15) is 4.79 Å². The molecular formula is C19H13ClN2O3S. The van der Waals surface area contributed by atoms with Gasteiger partial charge >= 0.3 is 5.97 Å². The van der Waals surface area contributed by atoms with Gasteiger partial charge in [-0.1, -0.05) is 24.2 Å². The van der Waals surface area contributed by atoms with Crippen molar-refractivity contribution in [2.75, 3.05) is 0 Å². The lowest BCUT2D eigenvalue weighted by Gasteiger charge is -2.15. The number of thiophene rings is 1. The number of hydrogen-bond acceptors (Lipinski definition) is 4. The van der Waals surface area contributed by atoms with Gasteiger partial charge in [0.2, 0.25) is 0 Å². The van der Waals surface area contributed by atoms with Crippen molar-refractivity contribution >= 4 is 44.8 Å². The molecule has 3 aromatic rings. The molecule has 0 saturated carbocycles. The summed E-state index contributed by atoms with van der Waals surface area (Å²) in [6, 6.07) is 7.25. The quantitative estimate of drug-likeness (QED) is 0.628. The number of carbonyl (C=O) groups is 1. The smallest absolute Gasteiger partial charge is 0.307 e. The van der Waals surface area contributed by atoms with Crippen molar-refractivity contribution in [3.63, 3.8) is 0 Å². The summed E-state index contributed by atoms with van der Waals surface area (Å²) in [5.74, 6) is 0.173. The molecule has 1 aliphatic rings. The van der Waals surface area contributed by atoms with Gasteiger partial charge in [-0.25, -0.2) is 0 Å². The molecule has 1 N–H and O–H groups in total. The highest BCUT2D eigenvalue weighted by Gasteiger charge is 2.28. The first-order chi connectivity index (χ1) is 12.5. The minimum absolute atomic E-state index is 0.0506. The largest absolute Gasteiger partial charge is 0.485 e. The first-order valence-corrected chi connectivity index (χ1v) is 9.26. The molecule has 5 nitrogen and oxygen atoms in total. The van der Waals surface area contributed by atoms with E-state index in [1.165, 1.54) is 11.3 Å². The van der Waals surface area contributed by atoms with Gasteiger partial charge in [-0.05, 0) is 35.6 Å². The predicted octanol–water partition coefficient (Wildman–Crippen LogP) is 5.19. The fraction of sp³-hybridized carbons (Fsp3) is 0.211. The number of nitrogens with zero attached hydrogens (tertiary/aromatic N) is 2. The Balaban J connectivity index is 1.64. The van der Waals surface area contributed by atoms with Crippen LogP contribution in [0, 0.1) is 6.57 Å². The van der Waals surface area contributed by atoms with E-state index >= 15 is 0 Å². The Kier molecular flexibility index (Phi) is 4.27. The number of carboxylic acids is 1. The van der Waals surface area contributed by atoms with E-state index in [0.717, 1.165) is 39.7 Å². The zero-order valence-corrected chi connectivity index (χ0v) is 15.1. The molecule has 26 heavy (non-hydrogen) atoms. The predicted molar refractivity (Wildman–Crippen MR) is 100 cm³/mol. The van der Waals surface area contributed by atoms with Crippen molar-refractivity contribution in [1.82, 2.24) is 4.98 Å². The monoisotopic (exact) mass is 384 g/mol. The number of carboxylic acid groups (broad SMARTS) is 1. The number of aryl methyl sites for hydroxylation is 1. The normalized spacial score (nSPS) is 15.6. The van der Waals surface area contributed by atoms with Crippen LogP contribution in [0.2, 0.25) is 5.02 Å². The standard InChI is InChI=1S/C19H13ClN2O3S/c1-21-17-5-2-12-14(22-17)3-4-15(12)25-11-7-13(20)19-10(6-18(23)24)9-26-16(19)8-11/h2,5,7-9,15H,3-4,6H2,(H,23,24)/t15-/m0/s1. The van der Waals surface area contributed by atoms with Gasteiger partial charge in [0.05, 0.1) is 11.4 Å². The van der Waals surface area contributed by atoms with Crippen LogP contribution >= 0.6 is 22.9 Å². The molecule has 0 amide bonds. The Morgan fingerprint density at radius 1 is 1.46 bits per heavy atom. The first-order valence-electron chi connectivity index (χ1n) is 8.00. The fourth-order valence-electron chi connectivity index (χ4n) is 3.28. The van der Waals surface area contributed by atoms with Crippen molar-refractivity contribution < 1.29 is 14.6 Å². The van der Waals surface area contributed by atoms with Gasteiger partial charge < -0.3 is 14.7 Å². The highest BCUT2D eigenvalue weighted by molar-refractivity contribution is 7.17. The number of hydrogen-bond donors (Lipinski definition) is 1. The zero-order valence-electron chi connectivity index (χ0n) is 13.5. The SMILES string of the molecule is [C-]#[N+]c1ccc2c(n1)CC[C@@H]2Oc1cc(Cl)c2c(CC(=O)O)csc2c1. The molecular weight excluding hydrogens is 372 g/mol. The molecule has 2 heterocycles. The molecule has 0 aliphatic heterocycles. The molecule has 1 atom stereocenters. The Morgan fingerprint density at radius 2 is 2.31 bits per heavy atom. The molecule has 4 rings (SSSR count). The van der Waals surface area contributed by atoms with Gasteiger partial charge in [-0.3, -0.25) is 4.79 Å². The van der Waals surface area contributed by atoms with Crippen molar-refractivity contribution in [3.8, 4) is 5.75 Å². The van der Waals surface area contributed by atoms with Gasteiger partial charge in [0, 0.05) is 22.1 Å². The molecule has 0 unspecified atom stereocenters. The first kappa shape index (κ1) is 16.8. The number of fused-ring (bicyclic) bond motifs is 2. The average molecular weight is 385 g/mol. The van der Waals surface area contributed by atoms with Crippen molar-refractivity contribution in [2.24, 2.45) is 0 Å². The lowest BCUT2D eigenvalue weighted by molar-refractivity contribution is -0.136. The van der Waals surface area contributed by atoms with Crippen LogP contribution in [-0.2, 0) is 17.6 Å². The summed E-state index contributed by atoms with van der Waals surface area (Å²) < 4.78 is 7.05. The summed E-state index contributed by atoms with van der Waals surface area (Å²) >= 11 is 7.86. The number of ether oxygens (including phenoxy) is 1. The van der Waals surface area contributed by atoms with E-state index in [1.807, 2.05) is 17.5 Å². The molecule has 2 aromatic heterocycles. The maximum atomic E-state index is 11.0. The van der Waals surface area contributed by atoms with E-state index < -0.39 is 5.97 Å². The van der Waals surface area contributed by atoms with Crippen LogP contribution in [0.15, 0.2) is 29.6 Å². The van der Waals surface area contributed by atoms with Gasteiger partial charge in [0.1, 0.15) is 17.5 Å². The summed E-state index contributed by atoms with van der Waals surface area (Å²) in [5, 5.41) is 12.1. The number of aromatic nitrogens is 1. The van der Waals surface area contributed by atoms with Crippen molar-refractivity contribution in [2.45, 2.75) is 25.4 Å². The molecule has 1 aliphatic carbocycles. The van der Waals surface area contributed by atoms with Crippen LogP contribution in [0.1, 0.15) is 29.3 Å². The molecule has 0 bridgehead atoms. The molecule has 7 heteroatoms. The second-order valence-corrected chi connectivity index (χ2v) is 7.39. The van der Waals surface area contributed by atoms with E-state index in [4.69, 9.17) is 28.0 Å². The lowest BCUT2D eigenvalue weighted by atomic mass is 10.1. The molecule has 130 valence electrons. The fourth-order valence-corrected chi connectivity index (χ4v) is 4.68. The van der Waals surface area contributed by atoms with Crippen molar-refractivity contribution in [1.29, 1.82) is 0 Å². The molecule has 0 saturated heterocycles. The summed E-state index contributed by atoms with van der Waals surface area (Å²) in [6.07, 6.45) is 1.41. The van der Waals surface area contributed by atoms with Gasteiger partial charge in [0.25, 0.3) is 5.82 Å². The number of benzene rings is 1. The number of halogens is 1. The molecule has 1 aromatic carbocycles. The maximum Gasteiger partial charge on any atom is 0.307 e. The van der Waals surface area contributed by atoms with Crippen molar-refractivity contribution in [3.05, 3.63) is 62.9 Å². The lowest BCUT2D eigenvalue weighted by Crippen LogP contribution is -2.03. The summed E-state index contributed by atoms with van der Waals surface area (Å²) in [4.78, 5) is 18.7. The third-order valence-electron chi connectivity index (χ3n) is 4.40. The summed E-state index contributed by atoms with van der Waals surface area (Å²) in [7, 11) is 0. The number of rotatable bonds is 4. The Morgan fingerprint density at radius 3 is 3.08 bits per heavy atom. The highest BCUT2D eigenvalue weighted by atomic mass is 35.5. The van der Waals surface area contributed by atoms with Gasteiger partial charge in [0.15, 0.2) is 0 Å². The van der Waals surface area contributed by atoms with Crippen LogP contribution in [-0.4, -0.2) is 16.1 Å². The van der Waals surface area contributed by atoms with Crippen LogP contribution in [0.3, 0.4) is 0 Å². The third-order valence-corrected chi connectivity index (χ3v) is 5.67. The van der Waals surface area contributed by atoms with Crippen LogP contribution in [0.5, 0.6) is 5.75 Å². The van der Waals surface area contributed by atoms with E-state index in [2.05, 4.69) is 9.83 Å². The zero-order chi connectivity index (χ0) is 18.3. The minimum atomic E-state index is -0.880. The topological polar surface area (TPSA) is 63.8 Å². The van der Waals surface area contributed by atoms with Gasteiger partial charge in [-0.15, -0.1) is 16.3 Å². The molecule has 0 fully saturated rings. The average Bonchev–Trinajstić information content (AvgIpc) is 3.19. The number of pyridine rings is 1. The molecule has 0 spiro atoms. The van der Waals surface area contributed by atoms with Crippen LogP contribution in [0.25, 0.3) is 14.9 Å². The van der Waals surface area contributed by atoms with E-state index in [-0.39, 0.29) is 12.5 Å². The Bertz CT molecular complexity index is 1070. The maximum absolute atomic E-state index is 11.0. The second kappa shape index (κ2) is 6.60. The van der Waals surface area contributed by atoms with Gasteiger partial charge in [-0.2, -0.15) is 0 Å². The minimum Gasteiger partial charge on any atom is -0.485 e. The van der Waals surface area contributed by atoms with E-state index in [0.29, 0.717) is 16.6 Å². The third kappa shape index (κ3) is 3.00. The second-order valence-electron chi connectivity index (χ2n) is 6.07. The van der Waals surface area contributed by atoms with E-state index in [1.54, 1.807) is 12.1 Å².